The van der Waals surface area contributed by atoms with Crippen molar-refractivity contribution >= 4 is 33.3 Å². The average molecular weight is 287 g/mol. The lowest BCUT2D eigenvalue weighted by Gasteiger charge is -2.03. The summed E-state index contributed by atoms with van der Waals surface area (Å²) in [5.41, 5.74) is 6.70. The van der Waals surface area contributed by atoms with Crippen LogP contribution in [0.5, 0.6) is 0 Å². The molecule has 2 rings (SSSR count). The molecule has 2 heterocycles. The normalized spacial score (nSPS) is 10.3. The molecule has 0 aliphatic heterocycles. The van der Waals surface area contributed by atoms with Crippen LogP contribution in [0.2, 0.25) is 5.28 Å². The summed E-state index contributed by atoms with van der Waals surface area (Å²) in [5, 5.41) is 0.147. The zero-order valence-electron chi connectivity index (χ0n) is 7.35. The maximum atomic E-state index is 5.67. The average Bonchev–Trinajstić information content (AvgIpc) is 2.22. The minimum atomic E-state index is 0.147. The number of hydrogen-bond donors (Lipinski definition) is 1. The Hall–Kier alpha value is -1.27. The molecule has 0 saturated heterocycles. The van der Waals surface area contributed by atoms with Crippen molar-refractivity contribution in [3.05, 3.63) is 28.3 Å². The van der Waals surface area contributed by atoms with Gasteiger partial charge in [0.2, 0.25) is 5.28 Å². The van der Waals surface area contributed by atoms with Crippen molar-refractivity contribution in [1.82, 2.24) is 19.9 Å². The first kappa shape index (κ1) is 10.3. The molecule has 0 bridgehead atoms. The molecule has 0 aliphatic carbocycles. The maximum Gasteiger partial charge on any atom is 0.222 e. The molecule has 2 aromatic heterocycles. The third-order valence-electron chi connectivity index (χ3n) is 1.64. The summed E-state index contributed by atoms with van der Waals surface area (Å²) < 4.78 is 0.585. The molecule has 0 atom stereocenters. The largest absolute Gasteiger partial charge is 0.382 e. The number of anilines is 1. The van der Waals surface area contributed by atoms with Gasteiger partial charge in [-0.25, -0.2) is 19.9 Å². The minimum Gasteiger partial charge on any atom is -0.382 e. The summed E-state index contributed by atoms with van der Waals surface area (Å²) in [7, 11) is 0. The number of nitrogens with two attached hydrogens (primary N) is 1. The summed E-state index contributed by atoms with van der Waals surface area (Å²) in [4.78, 5) is 15.9. The first-order valence-electron chi connectivity index (χ1n) is 3.94. The number of halogens is 2. The van der Waals surface area contributed by atoms with Crippen molar-refractivity contribution in [3.8, 4) is 11.4 Å². The van der Waals surface area contributed by atoms with Crippen LogP contribution >= 0.6 is 27.5 Å². The Bertz CT molecular complexity index is 504. The fraction of sp³-hybridized carbons (Fsp3) is 0. The van der Waals surface area contributed by atoms with E-state index >= 15 is 0 Å². The molecule has 2 aromatic rings. The lowest BCUT2D eigenvalue weighted by molar-refractivity contribution is 1.12. The van der Waals surface area contributed by atoms with Crippen LogP contribution in [0.1, 0.15) is 0 Å². The highest BCUT2D eigenvalue weighted by Crippen LogP contribution is 2.21. The van der Waals surface area contributed by atoms with Crippen molar-refractivity contribution in [2.45, 2.75) is 0 Å². The van der Waals surface area contributed by atoms with Gasteiger partial charge in [0.1, 0.15) is 10.3 Å². The zero-order chi connectivity index (χ0) is 10.8. The van der Waals surface area contributed by atoms with Crippen LogP contribution in [0, 0.1) is 0 Å². The van der Waals surface area contributed by atoms with Gasteiger partial charge in [0.15, 0.2) is 5.82 Å². The zero-order valence-corrected chi connectivity index (χ0v) is 9.70. The summed E-state index contributed by atoms with van der Waals surface area (Å²) >= 11 is 8.87. The van der Waals surface area contributed by atoms with Crippen molar-refractivity contribution in [1.29, 1.82) is 0 Å². The van der Waals surface area contributed by atoms with Gasteiger partial charge in [0, 0.05) is 6.20 Å². The van der Waals surface area contributed by atoms with Crippen molar-refractivity contribution in [3.63, 3.8) is 0 Å². The van der Waals surface area contributed by atoms with Crippen LogP contribution in [-0.4, -0.2) is 19.9 Å². The molecule has 0 fully saturated rings. The second kappa shape index (κ2) is 4.08. The molecular formula is C8H5BrClN5. The number of nitrogens with zero attached hydrogens (tertiary/aromatic N) is 4. The van der Waals surface area contributed by atoms with E-state index in [9.17, 15) is 0 Å². The van der Waals surface area contributed by atoms with Crippen LogP contribution in [-0.2, 0) is 0 Å². The highest BCUT2D eigenvalue weighted by Gasteiger charge is 2.08. The second-order valence-corrected chi connectivity index (χ2v) is 3.79. The lowest BCUT2D eigenvalue weighted by atomic mass is 10.3. The summed E-state index contributed by atoms with van der Waals surface area (Å²) in [6.45, 7) is 0. The molecule has 0 aromatic carbocycles. The number of nitrogen functional groups attached to an aromatic ring is 1. The van der Waals surface area contributed by atoms with Crippen molar-refractivity contribution in [2.75, 3.05) is 5.73 Å². The molecule has 5 nitrogen and oxygen atoms in total. The fourth-order valence-electron chi connectivity index (χ4n) is 1.03. The summed E-state index contributed by atoms with van der Waals surface area (Å²) in [5.74, 6) is 0.299. The van der Waals surface area contributed by atoms with Crippen LogP contribution in [0.4, 0.5) is 5.82 Å². The van der Waals surface area contributed by atoms with Gasteiger partial charge in [0.25, 0.3) is 0 Å². The van der Waals surface area contributed by atoms with E-state index in [1.807, 2.05) is 0 Å². The van der Waals surface area contributed by atoms with E-state index in [-0.39, 0.29) is 5.28 Å². The molecule has 15 heavy (non-hydrogen) atoms. The Morgan fingerprint density at radius 2 is 2.07 bits per heavy atom. The van der Waals surface area contributed by atoms with Crippen molar-refractivity contribution in [2.24, 2.45) is 0 Å². The highest BCUT2D eigenvalue weighted by molar-refractivity contribution is 9.10. The molecule has 0 spiro atoms. The van der Waals surface area contributed by atoms with E-state index in [2.05, 4.69) is 35.9 Å². The van der Waals surface area contributed by atoms with E-state index in [0.717, 1.165) is 0 Å². The molecule has 2 N–H and O–H groups in total. The molecule has 0 radical (unpaired) electrons. The monoisotopic (exact) mass is 285 g/mol. The Kier molecular flexibility index (Phi) is 2.79. The van der Waals surface area contributed by atoms with Gasteiger partial charge in [0.05, 0.1) is 11.9 Å². The predicted molar refractivity (Wildman–Crippen MR) is 60.2 cm³/mol. The molecule has 0 amide bonds. The van der Waals surface area contributed by atoms with Gasteiger partial charge in [-0.1, -0.05) is 0 Å². The molecule has 0 saturated carbocycles. The number of rotatable bonds is 1. The molecule has 0 unspecified atom stereocenters. The highest BCUT2D eigenvalue weighted by atomic mass is 79.9. The van der Waals surface area contributed by atoms with Gasteiger partial charge in [-0.15, -0.1) is 0 Å². The second-order valence-electron chi connectivity index (χ2n) is 2.64. The Labute approximate surface area is 98.9 Å². The Morgan fingerprint density at radius 1 is 1.27 bits per heavy atom. The standard InChI is InChI=1S/C8H5BrClN5/c9-5-3-13-7(11)6(15-5)4-1-2-12-8(10)14-4/h1-3H,(H2,11,13). The van der Waals surface area contributed by atoms with Crippen LogP contribution in [0.3, 0.4) is 0 Å². The first-order valence-corrected chi connectivity index (χ1v) is 5.11. The molecular weight excluding hydrogens is 281 g/mol. The summed E-state index contributed by atoms with van der Waals surface area (Å²) in [6.07, 6.45) is 3.05. The Morgan fingerprint density at radius 3 is 2.80 bits per heavy atom. The van der Waals surface area contributed by atoms with Gasteiger partial charge in [-0.3, -0.25) is 0 Å². The van der Waals surface area contributed by atoms with Gasteiger partial charge >= 0.3 is 0 Å². The van der Waals surface area contributed by atoms with Crippen LogP contribution in [0.25, 0.3) is 11.4 Å². The van der Waals surface area contributed by atoms with E-state index in [4.69, 9.17) is 17.3 Å². The third kappa shape index (κ3) is 2.21. The Balaban J connectivity index is 2.58. The smallest absolute Gasteiger partial charge is 0.222 e. The van der Waals surface area contributed by atoms with Gasteiger partial charge in [-0.2, -0.15) is 0 Å². The quantitative estimate of drug-likeness (QED) is 0.811. The van der Waals surface area contributed by atoms with E-state index in [0.29, 0.717) is 21.8 Å². The maximum absolute atomic E-state index is 5.67. The number of hydrogen-bond acceptors (Lipinski definition) is 5. The lowest BCUT2D eigenvalue weighted by Crippen LogP contribution is -1.99. The van der Waals surface area contributed by atoms with E-state index < -0.39 is 0 Å². The van der Waals surface area contributed by atoms with Crippen molar-refractivity contribution < 1.29 is 0 Å². The molecule has 0 aliphatic rings. The SMILES string of the molecule is Nc1ncc(Br)nc1-c1ccnc(Cl)n1. The predicted octanol–water partition coefficient (Wildman–Crippen LogP) is 1.93. The fourth-order valence-corrected chi connectivity index (χ4v) is 1.46. The van der Waals surface area contributed by atoms with E-state index in [1.54, 1.807) is 6.07 Å². The first-order chi connectivity index (χ1) is 7.16. The third-order valence-corrected chi connectivity index (χ3v) is 2.20. The van der Waals surface area contributed by atoms with Crippen LogP contribution in [0.15, 0.2) is 23.1 Å². The topological polar surface area (TPSA) is 77.6 Å². The molecule has 76 valence electrons. The number of aromatic nitrogens is 4. The molecule has 7 heteroatoms. The van der Waals surface area contributed by atoms with E-state index in [1.165, 1.54) is 12.4 Å². The van der Waals surface area contributed by atoms with Crippen LogP contribution < -0.4 is 5.73 Å². The van der Waals surface area contributed by atoms with Gasteiger partial charge in [-0.05, 0) is 33.6 Å². The minimum absolute atomic E-state index is 0.147. The van der Waals surface area contributed by atoms with Gasteiger partial charge < -0.3 is 5.73 Å². The summed E-state index contributed by atoms with van der Waals surface area (Å²) in [6, 6.07) is 1.67.